The van der Waals surface area contributed by atoms with E-state index >= 15 is 0 Å². The van der Waals surface area contributed by atoms with Gasteiger partial charge in [-0.25, -0.2) is 9.59 Å². The molecule has 5 nitrogen and oxygen atoms in total. The Balaban J connectivity index is 4.96. The summed E-state index contributed by atoms with van der Waals surface area (Å²) in [5.41, 5.74) is -0.142. The quantitative estimate of drug-likeness (QED) is 0.408. The smallest absolute Gasteiger partial charge is 0.335 e. The van der Waals surface area contributed by atoms with Crippen molar-refractivity contribution in [3.8, 4) is 6.07 Å². The highest BCUT2D eigenvalue weighted by molar-refractivity contribution is 5.91. The lowest BCUT2D eigenvalue weighted by atomic mass is 10.2. The molecule has 0 aromatic carbocycles. The number of carboxylic acids is 2. The van der Waals surface area contributed by atoms with Crippen molar-refractivity contribution in [2.45, 2.75) is 6.92 Å². The predicted molar refractivity (Wildman–Crippen MR) is 51.9 cm³/mol. The lowest BCUT2D eigenvalue weighted by molar-refractivity contribution is -0.133. The Labute approximate surface area is 86.3 Å². The average molecular weight is 207 g/mol. The van der Waals surface area contributed by atoms with Crippen molar-refractivity contribution in [3.05, 3.63) is 35.5 Å². The molecule has 0 radical (unpaired) electrons. The Morgan fingerprint density at radius 3 is 2.20 bits per heavy atom. The zero-order valence-corrected chi connectivity index (χ0v) is 7.97. The molecule has 0 bridgehead atoms. The second-order valence-electron chi connectivity index (χ2n) is 2.54. The van der Waals surface area contributed by atoms with Crippen molar-refractivity contribution < 1.29 is 19.8 Å². The molecular weight excluding hydrogens is 198 g/mol. The Kier molecular flexibility index (Phi) is 5.19. The molecule has 0 atom stereocenters. The lowest BCUT2D eigenvalue weighted by Gasteiger charge is -1.92. The van der Waals surface area contributed by atoms with Gasteiger partial charge < -0.3 is 10.2 Å². The molecule has 0 aliphatic rings. The van der Waals surface area contributed by atoms with Crippen LogP contribution in [-0.4, -0.2) is 22.2 Å². The van der Waals surface area contributed by atoms with Gasteiger partial charge in [0, 0.05) is 11.6 Å². The normalized spacial score (nSPS) is 12.5. The van der Waals surface area contributed by atoms with Gasteiger partial charge in [-0.1, -0.05) is 6.08 Å². The minimum atomic E-state index is -1.23. The fourth-order valence-electron chi connectivity index (χ4n) is 0.611. The third-order valence-corrected chi connectivity index (χ3v) is 1.43. The fourth-order valence-corrected chi connectivity index (χ4v) is 0.611. The largest absolute Gasteiger partial charge is 0.478 e. The van der Waals surface area contributed by atoms with Crippen LogP contribution in [0.3, 0.4) is 0 Å². The van der Waals surface area contributed by atoms with Gasteiger partial charge in [-0.3, -0.25) is 0 Å². The first-order valence-electron chi connectivity index (χ1n) is 3.90. The van der Waals surface area contributed by atoms with Crippen molar-refractivity contribution in [1.29, 1.82) is 5.26 Å². The van der Waals surface area contributed by atoms with Crippen LogP contribution >= 0.6 is 0 Å². The standard InChI is InChI=1S/C10H9NO4/c1-7(9(12)13)4-5-8(10(14)15)3-2-6-11/h2-5H,1H3,(H,12,13)(H,14,15). The molecule has 0 aliphatic heterocycles. The molecule has 0 saturated carbocycles. The number of nitrogens with zero attached hydrogens (tertiary/aromatic N) is 1. The highest BCUT2D eigenvalue weighted by Crippen LogP contribution is 2.01. The van der Waals surface area contributed by atoms with E-state index in [1.54, 1.807) is 6.07 Å². The Hall–Kier alpha value is -2.35. The van der Waals surface area contributed by atoms with Crippen LogP contribution in [0.5, 0.6) is 0 Å². The van der Waals surface area contributed by atoms with E-state index in [0.717, 1.165) is 24.3 Å². The number of aliphatic carboxylic acids is 2. The number of carboxylic acid groups (broad SMARTS) is 2. The topological polar surface area (TPSA) is 98.4 Å². The number of rotatable bonds is 4. The van der Waals surface area contributed by atoms with Gasteiger partial charge >= 0.3 is 11.9 Å². The summed E-state index contributed by atoms with van der Waals surface area (Å²) in [5.74, 6) is -2.35. The number of carbonyl (C=O) groups is 2. The number of nitriles is 1. The van der Waals surface area contributed by atoms with E-state index in [-0.39, 0.29) is 11.1 Å². The molecule has 78 valence electrons. The third kappa shape index (κ3) is 5.05. The second kappa shape index (κ2) is 6.16. The summed E-state index contributed by atoms with van der Waals surface area (Å²) < 4.78 is 0. The van der Waals surface area contributed by atoms with E-state index in [0.29, 0.717) is 0 Å². The van der Waals surface area contributed by atoms with Gasteiger partial charge in [-0.2, -0.15) is 5.26 Å². The van der Waals surface area contributed by atoms with Crippen LogP contribution in [0.4, 0.5) is 0 Å². The maximum absolute atomic E-state index is 10.6. The number of hydrogen-bond acceptors (Lipinski definition) is 3. The summed E-state index contributed by atoms with van der Waals surface area (Å²) in [5, 5.41) is 25.3. The van der Waals surface area contributed by atoms with E-state index < -0.39 is 11.9 Å². The van der Waals surface area contributed by atoms with Gasteiger partial charge in [-0.05, 0) is 19.1 Å². The first-order chi connectivity index (χ1) is 6.99. The van der Waals surface area contributed by atoms with Crippen LogP contribution in [0, 0.1) is 11.3 Å². The molecule has 0 spiro atoms. The van der Waals surface area contributed by atoms with Gasteiger partial charge in [-0.15, -0.1) is 0 Å². The molecule has 0 unspecified atom stereocenters. The minimum Gasteiger partial charge on any atom is -0.478 e. The number of hydrogen-bond donors (Lipinski definition) is 2. The van der Waals surface area contributed by atoms with Crippen molar-refractivity contribution in [2.24, 2.45) is 0 Å². The van der Waals surface area contributed by atoms with Gasteiger partial charge in [0.1, 0.15) is 0 Å². The zero-order valence-electron chi connectivity index (χ0n) is 7.97. The van der Waals surface area contributed by atoms with Crippen LogP contribution in [0.25, 0.3) is 0 Å². The second-order valence-corrected chi connectivity index (χ2v) is 2.54. The Bertz CT molecular complexity index is 396. The molecule has 0 rings (SSSR count). The molecule has 5 heteroatoms. The molecule has 15 heavy (non-hydrogen) atoms. The summed E-state index contributed by atoms with van der Waals surface area (Å²) in [4.78, 5) is 21.0. The maximum Gasteiger partial charge on any atom is 0.335 e. The summed E-state index contributed by atoms with van der Waals surface area (Å²) >= 11 is 0. The van der Waals surface area contributed by atoms with Crippen LogP contribution in [0.1, 0.15) is 6.92 Å². The van der Waals surface area contributed by atoms with Gasteiger partial charge in [0.2, 0.25) is 0 Å². The van der Waals surface area contributed by atoms with E-state index in [4.69, 9.17) is 15.5 Å². The molecule has 0 aromatic heterocycles. The number of allylic oxidation sites excluding steroid dienone is 3. The first kappa shape index (κ1) is 12.7. The Morgan fingerprint density at radius 2 is 1.80 bits per heavy atom. The van der Waals surface area contributed by atoms with Crippen molar-refractivity contribution >= 4 is 11.9 Å². The molecular formula is C10H9NO4. The molecule has 0 aliphatic carbocycles. The average Bonchev–Trinajstić information content (AvgIpc) is 2.16. The van der Waals surface area contributed by atoms with Gasteiger partial charge in [0.25, 0.3) is 0 Å². The maximum atomic E-state index is 10.6. The molecule has 0 aromatic rings. The first-order valence-corrected chi connectivity index (χ1v) is 3.90. The summed E-state index contributed by atoms with van der Waals surface area (Å²) in [6, 6.07) is 1.64. The fraction of sp³-hybridized carbons (Fsp3) is 0.100. The van der Waals surface area contributed by atoms with Crippen molar-refractivity contribution in [2.75, 3.05) is 0 Å². The molecule has 2 N–H and O–H groups in total. The Morgan fingerprint density at radius 1 is 1.20 bits per heavy atom. The van der Waals surface area contributed by atoms with E-state index in [1.165, 1.54) is 6.92 Å². The minimum absolute atomic E-state index is 0.0131. The summed E-state index contributed by atoms with van der Waals surface area (Å²) in [6.07, 6.45) is 4.38. The van der Waals surface area contributed by atoms with Crippen molar-refractivity contribution in [1.82, 2.24) is 0 Å². The molecule has 0 heterocycles. The van der Waals surface area contributed by atoms with E-state index in [9.17, 15) is 9.59 Å². The summed E-state index contributed by atoms with van der Waals surface area (Å²) in [6.45, 7) is 1.34. The highest BCUT2D eigenvalue weighted by atomic mass is 16.4. The zero-order chi connectivity index (χ0) is 11.8. The van der Waals surface area contributed by atoms with Crippen LogP contribution in [0.15, 0.2) is 35.5 Å². The molecule has 0 amide bonds. The van der Waals surface area contributed by atoms with Crippen LogP contribution in [0.2, 0.25) is 0 Å². The van der Waals surface area contributed by atoms with Crippen LogP contribution < -0.4 is 0 Å². The van der Waals surface area contributed by atoms with Gasteiger partial charge in [0.05, 0.1) is 11.6 Å². The highest BCUT2D eigenvalue weighted by Gasteiger charge is 2.02. The SMILES string of the molecule is CC(=CC=C(C=CC#N)C(=O)O)C(=O)O. The molecule has 0 saturated heterocycles. The van der Waals surface area contributed by atoms with Crippen molar-refractivity contribution in [3.63, 3.8) is 0 Å². The van der Waals surface area contributed by atoms with E-state index in [2.05, 4.69) is 0 Å². The lowest BCUT2D eigenvalue weighted by Crippen LogP contribution is -1.98. The molecule has 0 fully saturated rings. The third-order valence-electron chi connectivity index (χ3n) is 1.43. The monoisotopic (exact) mass is 207 g/mol. The van der Waals surface area contributed by atoms with E-state index in [1.807, 2.05) is 0 Å². The summed E-state index contributed by atoms with van der Waals surface area (Å²) in [7, 11) is 0. The van der Waals surface area contributed by atoms with Crippen LogP contribution in [-0.2, 0) is 9.59 Å². The van der Waals surface area contributed by atoms with Gasteiger partial charge in [0.15, 0.2) is 0 Å². The predicted octanol–water partition coefficient (Wildman–Crippen LogP) is 1.11.